The van der Waals surface area contributed by atoms with Crippen molar-refractivity contribution in [3.8, 4) is 11.5 Å². The molecule has 0 atom stereocenters. The van der Waals surface area contributed by atoms with Gasteiger partial charge in [0, 0.05) is 12.4 Å². The molecule has 10 heteroatoms. The van der Waals surface area contributed by atoms with Crippen LogP contribution in [0.5, 0.6) is 11.5 Å². The fraction of sp³-hybridized carbons (Fsp3) is 0.0714. The maximum atomic E-state index is 11.8. The van der Waals surface area contributed by atoms with Crippen LogP contribution in [-0.4, -0.2) is 34.2 Å². The molecule has 1 aromatic carbocycles. The van der Waals surface area contributed by atoms with Crippen LogP contribution in [0.25, 0.3) is 0 Å². The van der Waals surface area contributed by atoms with Crippen molar-refractivity contribution in [2.24, 2.45) is 5.10 Å². The zero-order valence-electron chi connectivity index (χ0n) is 12.3. The van der Waals surface area contributed by atoms with Gasteiger partial charge in [0.05, 0.1) is 33.8 Å². The van der Waals surface area contributed by atoms with E-state index in [1.807, 2.05) is 0 Å². The molecule has 0 bridgehead atoms. The van der Waals surface area contributed by atoms with Crippen molar-refractivity contribution in [1.29, 1.82) is 0 Å². The SMILES string of the molecule is COc1c(O)c(Br)cc(/C=N\NC(=O)c2cccnc2)c1[N+](=O)[O-]. The Balaban J connectivity index is 2.30. The van der Waals surface area contributed by atoms with Gasteiger partial charge >= 0.3 is 5.69 Å². The molecule has 0 saturated carbocycles. The number of rotatable bonds is 5. The number of nitro benzene ring substituents is 1. The molecule has 0 aliphatic heterocycles. The third kappa shape index (κ3) is 3.66. The van der Waals surface area contributed by atoms with Crippen LogP contribution >= 0.6 is 15.9 Å². The molecule has 0 spiro atoms. The molecule has 1 aromatic heterocycles. The summed E-state index contributed by atoms with van der Waals surface area (Å²) < 4.78 is 5.06. The van der Waals surface area contributed by atoms with E-state index in [2.05, 4.69) is 31.4 Å². The van der Waals surface area contributed by atoms with Crippen LogP contribution in [0.4, 0.5) is 5.69 Å². The van der Waals surface area contributed by atoms with Gasteiger partial charge in [0.2, 0.25) is 5.75 Å². The molecule has 0 saturated heterocycles. The highest BCUT2D eigenvalue weighted by Gasteiger charge is 2.26. The number of benzene rings is 1. The number of nitrogens with zero attached hydrogens (tertiary/aromatic N) is 3. The Morgan fingerprint density at radius 2 is 2.33 bits per heavy atom. The summed E-state index contributed by atoms with van der Waals surface area (Å²) in [4.78, 5) is 26.1. The Morgan fingerprint density at radius 1 is 1.58 bits per heavy atom. The van der Waals surface area contributed by atoms with Crippen molar-refractivity contribution in [2.75, 3.05) is 7.11 Å². The number of amides is 1. The van der Waals surface area contributed by atoms with E-state index < -0.39 is 22.3 Å². The summed E-state index contributed by atoms with van der Waals surface area (Å²) in [5.74, 6) is -1.23. The minimum atomic E-state index is -0.713. The molecular weight excluding hydrogens is 384 g/mol. The first-order valence-corrected chi connectivity index (χ1v) is 7.22. The predicted molar refractivity (Wildman–Crippen MR) is 88.3 cm³/mol. The van der Waals surface area contributed by atoms with E-state index >= 15 is 0 Å². The van der Waals surface area contributed by atoms with E-state index in [0.29, 0.717) is 0 Å². The van der Waals surface area contributed by atoms with Gasteiger partial charge in [0.1, 0.15) is 0 Å². The normalized spacial score (nSPS) is 10.6. The summed E-state index contributed by atoms with van der Waals surface area (Å²) in [6.45, 7) is 0. The highest BCUT2D eigenvalue weighted by Crippen LogP contribution is 2.43. The van der Waals surface area contributed by atoms with Gasteiger partial charge in [-0.05, 0) is 34.1 Å². The van der Waals surface area contributed by atoms with Gasteiger partial charge in [0.25, 0.3) is 5.91 Å². The summed E-state index contributed by atoms with van der Waals surface area (Å²) in [6.07, 6.45) is 3.95. The van der Waals surface area contributed by atoms with Crippen LogP contribution in [0.15, 0.2) is 40.2 Å². The zero-order valence-corrected chi connectivity index (χ0v) is 13.8. The molecule has 1 amide bonds. The number of nitrogens with one attached hydrogen (secondary N) is 1. The number of hydrogen-bond donors (Lipinski definition) is 2. The minimum Gasteiger partial charge on any atom is -0.503 e. The summed E-state index contributed by atoms with van der Waals surface area (Å²) in [7, 11) is 1.19. The molecule has 2 N–H and O–H groups in total. The van der Waals surface area contributed by atoms with Crippen LogP contribution in [0, 0.1) is 10.1 Å². The molecule has 0 unspecified atom stereocenters. The number of carbonyl (C=O) groups is 1. The van der Waals surface area contributed by atoms with Crippen molar-refractivity contribution < 1.29 is 19.6 Å². The largest absolute Gasteiger partial charge is 0.503 e. The lowest BCUT2D eigenvalue weighted by Crippen LogP contribution is -2.17. The van der Waals surface area contributed by atoms with Crippen LogP contribution in [0.3, 0.4) is 0 Å². The first kappa shape index (κ1) is 17.3. The summed E-state index contributed by atoms with van der Waals surface area (Å²) in [6, 6.07) is 4.42. The van der Waals surface area contributed by atoms with E-state index in [4.69, 9.17) is 4.74 Å². The van der Waals surface area contributed by atoms with Gasteiger partial charge in [-0.15, -0.1) is 0 Å². The van der Waals surface area contributed by atoms with Crippen LogP contribution < -0.4 is 10.2 Å². The highest BCUT2D eigenvalue weighted by molar-refractivity contribution is 9.10. The summed E-state index contributed by atoms with van der Waals surface area (Å²) >= 11 is 3.07. The number of hydrogen-bond acceptors (Lipinski definition) is 7. The van der Waals surface area contributed by atoms with E-state index in [1.54, 1.807) is 12.1 Å². The molecule has 0 fully saturated rings. The van der Waals surface area contributed by atoms with Crippen molar-refractivity contribution in [1.82, 2.24) is 10.4 Å². The number of pyridine rings is 1. The molecule has 1 heterocycles. The fourth-order valence-corrected chi connectivity index (χ4v) is 2.25. The monoisotopic (exact) mass is 394 g/mol. The molecule has 2 rings (SSSR count). The highest BCUT2D eigenvalue weighted by atomic mass is 79.9. The van der Waals surface area contributed by atoms with Gasteiger partial charge in [-0.3, -0.25) is 19.9 Å². The molecule has 124 valence electrons. The number of carbonyl (C=O) groups excluding carboxylic acids is 1. The van der Waals surface area contributed by atoms with Gasteiger partial charge in [0.15, 0.2) is 5.75 Å². The van der Waals surface area contributed by atoms with E-state index in [0.717, 1.165) is 6.21 Å². The lowest BCUT2D eigenvalue weighted by atomic mass is 10.1. The van der Waals surface area contributed by atoms with Crippen LogP contribution in [0.2, 0.25) is 0 Å². The number of phenols is 1. The Morgan fingerprint density at radius 3 is 2.92 bits per heavy atom. The van der Waals surface area contributed by atoms with Gasteiger partial charge in [-0.1, -0.05) is 0 Å². The Bertz CT molecular complexity index is 811. The predicted octanol–water partition coefficient (Wildman–Crippen LogP) is 2.23. The fourth-order valence-electron chi connectivity index (χ4n) is 1.83. The number of methoxy groups -OCH3 is 1. The lowest BCUT2D eigenvalue weighted by Gasteiger charge is -2.08. The number of aromatic nitrogens is 1. The van der Waals surface area contributed by atoms with Gasteiger partial charge < -0.3 is 9.84 Å². The number of nitro groups is 1. The second-order valence-electron chi connectivity index (χ2n) is 4.38. The molecule has 0 aliphatic carbocycles. The molecule has 0 radical (unpaired) electrons. The lowest BCUT2D eigenvalue weighted by molar-refractivity contribution is -0.386. The van der Waals surface area contributed by atoms with E-state index in [-0.39, 0.29) is 21.3 Å². The first-order chi connectivity index (χ1) is 11.5. The maximum Gasteiger partial charge on any atom is 0.323 e. The Labute approximate surface area is 144 Å². The Kier molecular flexibility index (Phi) is 5.42. The van der Waals surface area contributed by atoms with E-state index in [9.17, 15) is 20.0 Å². The summed E-state index contributed by atoms with van der Waals surface area (Å²) in [5, 5.41) is 24.7. The number of phenolic OH excluding ortho intramolecular Hbond substituents is 1. The Hall–Kier alpha value is -3.01. The number of ether oxygens (including phenoxy) is 1. The van der Waals surface area contributed by atoms with Crippen LogP contribution in [-0.2, 0) is 0 Å². The quantitative estimate of drug-likeness (QED) is 0.454. The van der Waals surface area contributed by atoms with Crippen molar-refractivity contribution >= 4 is 33.7 Å². The smallest absolute Gasteiger partial charge is 0.323 e. The molecule has 0 aliphatic rings. The molecule has 9 nitrogen and oxygen atoms in total. The molecule has 2 aromatic rings. The zero-order chi connectivity index (χ0) is 17.7. The van der Waals surface area contributed by atoms with E-state index in [1.165, 1.54) is 25.6 Å². The van der Waals surface area contributed by atoms with Gasteiger partial charge in [-0.25, -0.2) is 5.43 Å². The van der Waals surface area contributed by atoms with Crippen molar-refractivity contribution in [3.05, 3.63) is 56.3 Å². The second kappa shape index (κ2) is 7.51. The van der Waals surface area contributed by atoms with Gasteiger partial charge in [-0.2, -0.15) is 5.10 Å². The average Bonchev–Trinajstić information content (AvgIpc) is 2.57. The summed E-state index contributed by atoms with van der Waals surface area (Å²) in [5.41, 5.74) is 2.08. The minimum absolute atomic E-state index is 0.0352. The average molecular weight is 395 g/mol. The molecular formula is C14H11BrN4O5. The first-order valence-electron chi connectivity index (χ1n) is 6.43. The third-order valence-electron chi connectivity index (χ3n) is 2.89. The number of hydrazone groups is 1. The third-order valence-corrected chi connectivity index (χ3v) is 3.50. The second-order valence-corrected chi connectivity index (χ2v) is 5.23. The van der Waals surface area contributed by atoms with Crippen molar-refractivity contribution in [3.63, 3.8) is 0 Å². The van der Waals surface area contributed by atoms with Crippen LogP contribution in [0.1, 0.15) is 15.9 Å². The number of aromatic hydroxyl groups is 1. The molecule has 24 heavy (non-hydrogen) atoms. The topological polar surface area (TPSA) is 127 Å². The maximum absolute atomic E-state index is 11.8. The number of halogens is 1. The standard InChI is InChI=1S/C14H11BrN4O5/c1-24-13-11(19(22)23)9(5-10(15)12(13)20)7-17-18-14(21)8-3-2-4-16-6-8/h2-7,20H,1H3,(H,18,21)/b17-7-. The van der Waals surface area contributed by atoms with Crippen molar-refractivity contribution in [2.45, 2.75) is 0 Å².